The normalized spacial score (nSPS) is 8.30. The van der Waals surface area contributed by atoms with Crippen LogP contribution in [0.3, 0.4) is 0 Å². The van der Waals surface area contributed by atoms with E-state index in [2.05, 4.69) is 28.5 Å². The van der Waals surface area contributed by atoms with Crippen LogP contribution in [0.2, 0.25) is 0 Å². The van der Waals surface area contributed by atoms with Gasteiger partial charge in [-0.05, 0) is 0 Å². The van der Waals surface area contributed by atoms with Crippen LogP contribution in [0.5, 0.6) is 0 Å². The molecule has 10 heavy (non-hydrogen) atoms. The quantitative estimate of drug-likeness (QED) is 0.602. The predicted octanol–water partition coefficient (Wildman–Crippen LogP) is 2.05. The molecule has 0 unspecified atom stereocenters. The molecule has 1 aromatic rings. The number of rotatable bonds is 1. The highest BCUT2D eigenvalue weighted by Gasteiger charge is 1.88. The molecule has 0 aliphatic heterocycles. The van der Waals surface area contributed by atoms with Gasteiger partial charge in [0.25, 0.3) is 0 Å². The number of hydrogen-bond donors (Lipinski definition) is 0. The van der Waals surface area contributed by atoms with Gasteiger partial charge in [0.15, 0.2) is 5.82 Å². The van der Waals surface area contributed by atoms with Crippen LogP contribution < -0.4 is 0 Å². The average Bonchev–Trinajstić information content (AvgIpc) is 2.39. The van der Waals surface area contributed by atoms with Crippen molar-refractivity contribution in [1.29, 1.82) is 0 Å². The summed E-state index contributed by atoms with van der Waals surface area (Å²) in [5.74, 6) is 0.764. The summed E-state index contributed by atoms with van der Waals surface area (Å²) >= 11 is 0. The van der Waals surface area contributed by atoms with Crippen LogP contribution in [0.15, 0.2) is 10.9 Å². The molecule has 0 aliphatic carbocycles. The van der Waals surface area contributed by atoms with Crippen molar-refractivity contribution in [2.24, 2.45) is 0 Å². The van der Waals surface area contributed by atoms with Crippen molar-refractivity contribution in [2.75, 3.05) is 0 Å². The molecule has 1 heterocycles. The fourth-order valence-corrected chi connectivity index (χ4v) is 0.348. The fraction of sp³-hybridized carbons (Fsp3) is 0.714. The van der Waals surface area contributed by atoms with E-state index < -0.39 is 0 Å². The molecule has 1 aromatic heterocycles. The summed E-state index contributed by atoms with van der Waals surface area (Å²) in [6.07, 6.45) is 3.43. The minimum atomic E-state index is 0.764. The van der Waals surface area contributed by atoms with Crippen LogP contribution in [0, 0.1) is 0 Å². The zero-order valence-electron chi connectivity index (χ0n) is 6.79. The minimum Gasteiger partial charge on any atom is -0.343 e. The van der Waals surface area contributed by atoms with Gasteiger partial charge in [-0.1, -0.05) is 32.3 Å². The first-order chi connectivity index (χ1) is 4.85. The number of aryl methyl sites for hydroxylation is 1. The number of nitrogens with zero attached hydrogens (tertiary/aromatic N) is 2. The first-order valence-electron chi connectivity index (χ1n) is 3.60. The zero-order valence-corrected chi connectivity index (χ0v) is 6.79. The Bertz CT molecular complexity index is 137. The number of hydrogen-bond acceptors (Lipinski definition) is 3. The Kier molecular flexibility index (Phi) is 5.72. The van der Waals surface area contributed by atoms with E-state index in [1.165, 1.54) is 12.8 Å². The van der Waals surface area contributed by atoms with Gasteiger partial charge >= 0.3 is 0 Å². The lowest BCUT2D eigenvalue weighted by Gasteiger charge is -1.72. The molecule has 0 bridgehead atoms. The second kappa shape index (κ2) is 6.26. The second-order valence-corrected chi connectivity index (χ2v) is 1.91. The first-order valence-corrected chi connectivity index (χ1v) is 3.60. The van der Waals surface area contributed by atoms with Gasteiger partial charge in [0.05, 0.1) is 0 Å². The molecule has 0 aliphatic rings. The van der Waals surface area contributed by atoms with Gasteiger partial charge in [0.2, 0.25) is 6.39 Å². The Labute approximate surface area is 61.4 Å². The highest BCUT2D eigenvalue weighted by atomic mass is 16.5. The van der Waals surface area contributed by atoms with Crippen molar-refractivity contribution in [1.82, 2.24) is 10.1 Å². The smallest absolute Gasteiger partial charge is 0.213 e. The molecule has 3 heteroatoms. The van der Waals surface area contributed by atoms with Crippen molar-refractivity contribution < 1.29 is 4.52 Å². The topological polar surface area (TPSA) is 38.9 Å². The molecule has 0 radical (unpaired) electrons. The third-order valence-corrected chi connectivity index (χ3v) is 0.723. The second-order valence-electron chi connectivity index (χ2n) is 1.91. The molecule has 0 N–H and O–H groups in total. The summed E-state index contributed by atoms with van der Waals surface area (Å²) in [4.78, 5) is 3.76. The minimum absolute atomic E-state index is 0.764. The van der Waals surface area contributed by atoms with Gasteiger partial charge in [-0.15, -0.1) is 0 Å². The molecule has 0 atom stereocenters. The van der Waals surface area contributed by atoms with E-state index in [1.54, 1.807) is 0 Å². The third-order valence-electron chi connectivity index (χ3n) is 0.723. The Morgan fingerprint density at radius 2 is 2.00 bits per heavy atom. The summed E-state index contributed by atoms with van der Waals surface area (Å²) in [6, 6.07) is 0. The first kappa shape index (κ1) is 9.14. The Balaban J connectivity index is 0.000000236. The fourth-order valence-electron chi connectivity index (χ4n) is 0.348. The molecule has 0 fully saturated rings. The van der Waals surface area contributed by atoms with E-state index in [-0.39, 0.29) is 0 Å². The van der Waals surface area contributed by atoms with Crippen LogP contribution in [0.4, 0.5) is 0 Å². The van der Waals surface area contributed by atoms with Crippen LogP contribution in [0.25, 0.3) is 0 Å². The lowest BCUT2D eigenvalue weighted by Crippen LogP contribution is -1.78. The van der Waals surface area contributed by atoms with E-state index >= 15 is 0 Å². The van der Waals surface area contributed by atoms with E-state index in [9.17, 15) is 0 Å². The van der Waals surface area contributed by atoms with Gasteiger partial charge in [0, 0.05) is 6.42 Å². The van der Waals surface area contributed by atoms with E-state index in [0.717, 1.165) is 12.2 Å². The standard InChI is InChI=1S/C4H6N2O.C3H8/c1-2-4-5-3-7-6-4;1-3-2/h3H,2H2,1H3;3H2,1-2H3. The maximum Gasteiger partial charge on any atom is 0.213 e. The van der Waals surface area contributed by atoms with E-state index in [1.807, 2.05) is 6.92 Å². The maximum atomic E-state index is 4.44. The summed E-state index contributed by atoms with van der Waals surface area (Å²) < 4.78 is 4.44. The lowest BCUT2D eigenvalue weighted by molar-refractivity contribution is 0.410. The Hall–Kier alpha value is -0.860. The van der Waals surface area contributed by atoms with Crippen LogP contribution >= 0.6 is 0 Å². The van der Waals surface area contributed by atoms with Gasteiger partial charge in [0.1, 0.15) is 0 Å². The summed E-state index contributed by atoms with van der Waals surface area (Å²) in [6.45, 7) is 6.23. The summed E-state index contributed by atoms with van der Waals surface area (Å²) in [7, 11) is 0. The zero-order chi connectivity index (χ0) is 7.82. The van der Waals surface area contributed by atoms with Crippen LogP contribution in [-0.4, -0.2) is 10.1 Å². The van der Waals surface area contributed by atoms with Gasteiger partial charge in [-0.25, -0.2) is 0 Å². The molecular formula is C7H14N2O. The van der Waals surface area contributed by atoms with Crippen molar-refractivity contribution in [3.05, 3.63) is 12.2 Å². The highest BCUT2D eigenvalue weighted by molar-refractivity contribution is 4.73. The highest BCUT2D eigenvalue weighted by Crippen LogP contribution is 1.85. The molecule has 0 aromatic carbocycles. The Morgan fingerprint density at radius 1 is 1.40 bits per heavy atom. The molecule has 0 saturated heterocycles. The Morgan fingerprint density at radius 3 is 2.20 bits per heavy atom. The van der Waals surface area contributed by atoms with Crippen LogP contribution in [0.1, 0.15) is 33.0 Å². The largest absolute Gasteiger partial charge is 0.343 e. The summed E-state index contributed by atoms with van der Waals surface area (Å²) in [5, 5.41) is 3.55. The maximum absolute atomic E-state index is 4.44. The molecule has 1 rings (SSSR count). The van der Waals surface area contributed by atoms with Crippen molar-refractivity contribution >= 4 is 0 Å². The summed E-state index contributed by atoms with van der Waals surface area (Å²) in [5.41, 5.74) is 0. The van der Waals surface area contributed by atoms with Crippen molar-refractivity contribution in [2.45, 2.75) is 33.6 Å². The van der Waals surface area contributed by atoms with Crippen molar-refractivity contribution in [3.8, 4) is 0 Å². The molecule has 3 nitrogen and oxygen atoms in total. The predicted molar refractivity (Wildman–Crippen MR) is 39.6 cm³/mol. The molecular weight excluding hydrogens is 128 g/mol. The molecule has 0 spiro atoms. The van der Waals surface area contributed by atoms with Gasteiger partial charge in [-0.3, -0.25) is 0 Å². The SMILES string of the molecule is CCC.CCc1ncon1. The van der Waals surface area contributed by atoms with Gasteiger partial charge < -0.3 is 4.52 Å². The van der Waals surface area contributed by atoms with Crippen LogP contribution in [-0.2, 0) is 6.42 Å². The lowest BCUT2D eigenvalue weighted by atomic mass is 10.5. The van der Waals surface area contributed by atoms with Crippen molar-refractivity contribution in [3.63, 3.8) is 0 Å². The average molecular weight is 142 g/mol. The molecule has 0 saturated carbocycles. The van der Waals surface area contributed by atoms with Gasteiger partial charge in [-0.2, -0.15) is 4.98 Å². The van der Waals surface area contributed by atoms with E-state index in [0.29, 0.717) is 0 Å². The monoisotopic (exact) mass is 142 g/mol. The van der Waals surface area contributed by atoms with E-state index in [4.69, 9.17) is 0 Å². The third kappa shape index (κ3) is 4.06. The number of aromatic nitrogens is 2. The molecule has 0 amide bonds. The molecule has 58 valence electrons.